The topological polar surface area (TPSA) is 271 Å². The van der Waals surface area contributed by atoms with Crippen molar-refractivity contribution in [2.24, 2.45) is 46.3 Å². The van der Waals surface area contributed by atoms with Gasteiger partial charge in [-0.05, 0) is 97.7 Å². The fraction of sp³-hybridized carbons (Fsp3) is 0.962. The molecule has 12 atom stereocenters. The number of aliphatic hydroxyl groups is 3. The molecule has 0 bridgehead atoms. The molecule has 0 aromatic carbocycles. The SMILES string of the molecule is C[C@H](CCC(=O)NCCS(=O)(=O)O)[C@H]1CC[C@H]2[C@@H]3[C@H](O)C[C@@H]4C[C@H](O)CC[C@]4(C)[C@H]3C[C@H](O)[C@]12C.O=P([O-])(O)OP(=O)(O)O.[Na+]. The summed E-state index contributed by atoms with van der Waals surface area (Å²) in [5.74, 6) is 0.705. The second kappa shape index (κ2) is 15.6. The van der Waals surface area contributed by atoms with Gasteiger partial charge in [0.1, 0.15) is 0 Å². The maximum absolute atomic E-state index is 12.2. The predicted molar refractivity (Wildman–Crippen MR) is 155 cm³/mol. The monoisotopic (exact) mass is 715 g/mol. The zero-order chi connectivity index (χ0) is 33.5. The first kappa shape index (κ1) is 41.7. The number of nitrogens with one attached hydrogen (secondary N) is 1. The quantitative estimate of drug-likeness (QED) is 0.0724. The first-order valence-electron chi connectivity index (χ1n) is 15.0. The molecule has 4 rings (SSSR count). The third kappa shape index (κ3) is 10.5. The number of carbonyl (C=O) groups excluding carboxylic acids is 1. The van der Waals surface area contributed by atoms with E-state index in [0.717, 1.165) is 38.5 Å². The molecule has 0 radical (unpaired) electrons. The maximum atomic E-state index is 12.2. The molecule has 0 aliphatic heterocycles. The van der Waals surface area contributed by atoms with Crippen LogP contribution in [0, 0.1) is 46.3 Å². The van der Waals surface area contributed by atoms with Crippen LogP contribution in [0.5, 0.6) is 0 Å². The average molecular weight is 716 g/mol. The maximum Gasteiger partial charge on any atom is 1.00 e. The van der Waals surface area contributed by atoms with Crippen molar-refractivity contribution in [3.05, 3.63) is 0 Å². The molecule has 258 valence electrons. The number of phosphoric acid groups is 2. The number of hydrogen-bond donors (Lipinski definition) is 8. The van der Waals surface area contributed by atoms with E-state index in [1.807, 2.05) is 0 Å². The van der Waals surface area contributed by atoms with Gasteiger partial charge in [0.05, 0.1) is 24.1 Å². The van der Waals surface area contributed by atoms with Crippen LogP contribution in [0.25, 0.3) is 0 Å². The summed E-state index contributed by atoms with van der Waals surface area (Å²) in [4.78, 5) is 44.8. The first-order valence-corrected chi connectivity index (χ1v) is 19.7. The van der Waals surface area contributed by atoms with E-state index in [2.05, 4.69) is 30.4 Å². The van der Waals surface area contributed by atoms with Crippen molar-refractivity contribution >= 4 is 31.7 Å². The summed E-state index contributed by atoms with van der Waals surface area (Å²) in [6.45, 7) is 6.56. The van der Waals surface area contributed by atoms with E-state index in [-0.39, 0.29) is 95.0 Å². The Balaban J connectivity index is 0.000000617. The Morgan fingerprint density at radius 2 is 1.67 bits per heavy atom. The summed E-state index contributed by atoms with van der Waals surface area (Å²) in [7, 11) is -14.5. The Hall–Kier alpha value is 0.520. The second-order valence-electron chi connectivity index (χ2n) is 13.7. The molecule has 0 spiro atoms. The minimum atomic E-state index is -5.30. The normalized spacial score (nSPS) is 39.8. The van der Waals surface area contributed by atoms with Gasteiger partial charge in [-0.1, -0.05) is 20.8 Å². The van der Waals surface area contributed by atoms with E-state index in [4.69, 9.17) is 19.2 Å². The van der Waals surface area contributed by atoms with Gasteiger partial charge in [-0.2, -0.15) is 8.42 Å². The Morgan fingerprint density at radius 1 is 1.04 bits per heavy atom. The molecule has 0 saturated heterocycles. The van der Waals surface area contributed by atoms with Crippen LogP contribution in [0.4, 0.5) is 0 Å². The zero-order valence-electron chi connectivity index (χ0n) is 26.3. The van der Waals surface area contributed by atoms with Gasteiger partial charge in [0, 0.05) is 13.0 Å². The van der Waals surface area contributed by atoms with E-state index in [1.165, 1.54) is 0 Å². The van der Waals surface area contributed by atoms with E-state index in [1.54, 1.807) is 0 Å². The summed E-state index contributed by atoms with van der Waals surface area (Å²) in [6, 6.07) is 0. The average Bonchev–Trinajstić information content (AvgIpc) is 3.20. The van der Waals surface area contributed by atoms with Gasteiger partial charge in [-0.3, -0.25) is 13.9 Å². The molecule has 0 aromatic rings. The summed E-state index contributed by atoms with van der Waals surface area (Å²) in [6.07, 6.45) is 5.67. The van der Waals surface area contributed by atoms with Crippen molar-refractivity contribution in [3.8, 4) is 0 Å². The smallest absolute Gasteiger partial charge is 0.756 e. The van der Waals surface area contributed by atoms with Crippen molar-refractivity contribution in [3.63, 3.8) is 0 Å². The molecule has 45 heavy (non-hydrogen) atoms. The number of aliphatic hydroxyl groups excluding tert-OH is 3. The largest absolute Gasteiger partial charge is 1.00 e. The minimum Gasteiger partial charge on any atom is -0.756 e. The summed E-state index contributed by atoms with van der Waals surface area (Å²) < 4.78 is 52.4. The minimum absolute atomic E-state index is 0. The van der Waals surface area contributed by atoms with Crippen LogP contribution in [0.15, 0.2) is 0 Å². The molecule has 0 heterocycles. The van der Waals surface area contributed by atoms with Crippen molar-refractivity contribution in [1.82, 2.24) is 5.32 Å². The van der Waals surface area contributed by atoms with E-state index >= 15 is 0 Å². The number of hydrogen-bond acceptors (Lipinski definition) is 10. The van der Waals surface area contributed by atoms with Crippen LogP contribution in [-0.4, -0.2) is 79.5 Å². The van der Waals surface area contributed by atoms with E-state index in [0.29, 0.717) is 18.8 Å². The van der Waals surface area contributed by atoms with Crippen LogP contribution in [0.1, 0.15) is 78.6 Å². The third-order valence-corrected chi connectivity index (χ3v) is 13.6. The van der Waals surface area contributed by atoms with Crippen LogP contribution in [0.3, 0.4) is 0 Å². The number of fused-ring (bicyclic) bond motifs is 5. The van der Waals surface area contributed by atoms with Gasteiger partial charge in [0.25, 0.3) is 17.9 Å². The zero-order valence-corrected chi connectivity index (χ0v) is 30.9. The van der Waals surface area contributed by atoms with Gasteiger partial charge in [0.15, 0.2) is 0 Å². The van der Waals surface area contributed by atoms with Crippen molar-refractivity contribution in [2.75, 3.05) is 12.3 Å². The summed E-state index contributed by atoms with van der Waals surface area (Å²) in [5, 5.41) is 35.8. The van der Waals surface area contributed by atoms with Crippen molar-refractivity contribution < 1.29 is 95.7 Å². The Labute approximate surface area is 286 Å². The molecule has 4 saturated carbocycles. The molecule has 1 unspecified atom stereocenters. The standard InChI is InChI=1S/C26H45NO7S.Na.H4O7P2/c1-15(4-7-23(31)27-10-11-35(32,33)34)18-5-6-19-24-20(14-22(30)26(18,19)3)25(2)9-8-17(28)12-16(25)13-21(24)29;;1-8(2,3)7-9(4,5)6/h15-22,24,28-30H,4-14H2,1-3H3,(H,27,31)(H,32,33,34);;(H2,1,2,3)(H2,4,5,6)/q;+1;/p-1/t15-,16+,17-,18-,19+,20+,21-,22+,24+,25+,26-;;/m1../s1. The van der Waals surface area contributed by atoms with Crippen molar-refractivity contribution in [2.45, 2.75) is 96.9 Å². The molecule has 4 aliphatic carbocycles. The fourth-order valence-electron chi connectivity index (χ4n) is 9.23. The van der Waals surface area contributed by atoms with Gasteiger partial charge in [-0.25, -0.2) is 8.88 Å². The Bertz CT molecular complexity index is 1210. The number of rotatable bonds is 9. The summed E-state index contributed by atoms with van der Waals surface area (Å²) in [5.41, 5.74) is -0.254. The molecule has 1 amide bonds. The third-order valence-electron chi connectivity index (χ3n) is 11.2. The number of carbonyl (C=O) groups is 1. The molecule has 4 fully saturated rings. The first-order chi connectivity index (χ1) is 20.0. The van der Waals surface area contributed by atoms with E-state index < -0.39 is 43.7 Å². The fourth-order valence-corrected chi connectivity index (χ4v) is 10.7. The number of amides is 1. The van der Waals surface area contributed by atoms with Gasteiger partial charge in [0.2, 0.25) is 5.91 Å². The molecular weight excluding hydrogens is 667 g/mol. The molecular formula is C26H48NNaO14P2S. The summed E-state index contributed by atoms with van der Waals surface area (Å²) >= 11 is 0. The van der Waals surface area contributed by atoms with Crippen LogP contribution >= 0.6 is 15.6 Å². The molecule has 4 aliphatic rings. The van der Waals surface area contributed by atoms with Crippen LogP contribution in [0.2, 0.25) is 0 Å². The molecule has 0 aromatic heterocycles. The van der Waals surface area contributed by atoms with Crippen LogP contribution in [-0.2, 0) is 28.4 Å². The Morgan fingerprint density at radius 3 is 2.20 bits per heavy atom. The van der Waals surface area contributed by atoms with Gasteiger partial charge in [-0.15, -0.1) is 0 Å². The predicted octanol–water partition coefficient (Wildman–Crippen LogP) is -2.07. The molecule has 15 nitrogen and oxygen atoms in total. The van der Waals surface area contributed by atoms with Crippen LogP contribution < -0.4 is 39.8 Å². The van der Waals surface area contributed by atoms with E-state index in [9.17, 15) is 42.6 Å². The Kier molecular flexibility index (Phi) is 14.5. The van der Waals surface area contributed by atoms with Gasteiger partial charge >= 0.3 is 37.4 Å². The molecule has 8 N–H and O–H groups in total. The molecule has 19 heteroatoms. The van der Waals surface area contributed by atoms with Crippen molar-refractivity contribution in [1.29, 1.82) is 0 Å². The van der Waals surface area contributed by atoms with Gasteiger partial charge < -0.3 is 40.2 Å². The second-order valence-corrected chi connectivity index (χ2v) is 17.9.